The second-order valence-corrected chi connectivity index (χ2v) is 14.7. The number of nitrogens with zero attached hydrogens (tertiary/aromatic N) is 3. The SMILES string of the molecule is Cc1c(N=C2O[C@H](C(F)(F)F)[C@@H]3[C@@H](O[Si](C)(C)C(C)(C)C)CCN23)ccc(C#N)c1Cl. The fourth-order valence-electron chi connectivity index (χ4n) is 3.64. The second-order valence-electron chi connectivity index (χ2n) is 9.55. The fraction of sp³-hybridized carbons (Fsp3) is 0.619. The molecule has 0 bridgehead atoms. The zero-order valence-electron chi connectivity index (χ0n) is 18.5. The van der Waals surface area contributed by atoms with Gasteiger partial charge in [0.25, 0.3) is 6.02 Å². The van der Waals surface area contributed by atoms with E-state index >= 15 is 0 Å². The summed E-state index contributed by atoms with van der Waals surface area (Å²) in [5, 5.41) is 9.21. The Bertz CT molecular complexity index is 938. The molecule has 1 aromatic carbocycles. The van der Waals surface area contributed by atoms with Gasteiger partial charge in [-0.3, -0.25) is 0 Å². The van der Waals surface area contributed by atoms with Gasteiger partial charge in [0.2, 0.25) is 6.10 Å². The molecule has 0 unspecified atom stereocenters. The molecule has 0 N–H and O–H groups in total. The molecular weight excluding hydrogens is 447 g/mol. The zero-order valence-corrected chi connectivity index (χ0v) is 20.2. The minimum atomic E-state index is -4.56. The van der Waals surface area contributed by atoms with Gasteiger partial charge in [-0.1, -0.05) is 32.4 Å². The Kier molecular flexibility index (Phi) is 6.15. The topological polar surface area (TPSA) is 57.9 Å². The van der Waals surface area contributed by atoms with Crippen LogP contribution in [0.2, 0.25) is 23.2 Å². The van der Waals surface area contributed by atoms with Gasteiger partial charge in [0.05, 0.1) is 22.4 Å². The number of ether oxygens (including phenoxy) is 1. The standard InChI is InChI=1S/C21H27ClF3N3O2Si/c1-12-14(8-7-13(11-26)16(12)22)27-19-28-10-9-15(30-31(5,6)20(2,3)4)17(28)18(29-19)21(23,24)25/h7-8,15,17-18H,9-10H2,1-6H3/t15-,17-,18-/m0/s1. The molecule has 3 rings (SSSR count). The Morgan fingerprint density at radius 1 is 1.29 bits per heavy atom. The number of fused-ring (bicyclic) bond motifs is 1. The molecule has 0 aromatic heterocycles. The molecule has 0 saturated carbocycles. The highest BCUT2D eigenvalue weighted by Crippen LogP contribution is 2.44. The molecular formula is C21H27ClF3N3O2Si. The van der Waals surface area contributed by atoms with Crippen molar-refractivity contribution in [2.24, 2.45) is 4.99 Å². The van der Waals surface area contributed by atoms with E-state index in [9.17, 15) is 13.2 Å². The van der Waals surface area contributed by atoms with Crippen molar-refractivity contribution in [2.75, 3.05) is 6.54 Å². The molecule has 2 aliphatic heterocycles. The van der Waals surface area contributed by atoms with E-state index in [1.54, 1.807) is 17.9 Å². The van der Waals surface area contributed by atoms with Crippen molar-refractivity contribution in [3.63, 3.8) is 0 Å². The normalized spacial score (nSPS) is 25.5. The largest absolute Gasteiger partial charge is 0.450 e. The van der Waals surface area contributed by atoms with Gasteiger partial charge in [-0.15, -0.1) is 0 Å². The number of alkyl halides is 3. The van der Waals surface area contributed by atoms with Crippen LogP contribution in [0.25, 0.3) is 0 Å². The lowest BCUT2D eigenvalue weighted by Crippen LogP contribution is -2.51. The summed E-state index contributed by atoms with van der Waals surface area (Å²) in [6, 6.07) is 3.96. The number of rotatable bonds is 3. The summed E-state index contributed by atoms with van der Waals surface area (Å²) < 4.78 is 53.4. The van der Waals surface area contributed by atoms with Crippen molar-refractivity contribution in [1.29, 1.82) is 5.26 Å². The number of hydrogen-bond acceptors (Lipinski definition) is 4. The zero-order chi connectivity index (χ0) is 23.4. The van der Waals surface area contributed by atoms with Crippen molar-refractivity contribution in [3.8, 4) is 6.07 Å². The number of benzene rings is 1. The first-order chi connectivity index (χ1) is 14.2. The van der Waals surface area contributed by atoms with E-state index in [0.717, 1.165) is 0 Å². The van der Waals surface area contributed by atoms with Crippen molar-refractivity contribution in [1.82, 2.24) is 4.90 Å². The molecule has 31 heavy (non-hydrogen) atoms. The van der Waals surface area contributed by atoms with Crippen LogP contribution in [-0.2, 0) is 9.16 Å². The van der Waals surface area contributed by atoms with Crippen LogP contribution in [0.15, 0.2) is 17.1 Å². The van der Waals surface area contributed by atoms with Crippen LogP contribution in [0, 0.1) is 18.3 Å². The van der Waals surface area contributed by atoms with Gasteiger partial charge in [0, 0.05) is 6.54 Å². The number of nitriles is 1. The lowest BCUT2D eigenvalue weighted by molar-refractivity contribution is -0.203. The van der Waals surface area contributed by atoms with Crippen LogP contribution >= 0.6 is 11.6 Å². The van der Waals surface area contributed by atoms with Gasteiger partial charge >= 0.3 is 6.18 Å². The van der Waals surface area contributed by atoms with Crippen molar-refractivity contribution >= 4 is 31.6 Å². The second kappa shape index (κ2) is 7.98. The molecule has 0 radical (unpaired) electrons. The Balaban J connectivity index is 1.97. The van der Waals surface area contributed by atoms with Gasteiger partial charge in [-0.25, -0.2) is 0 Å². The monoisotopic (exact) mass is 473 g/mol. The minimum Gasteiger partial charge on any atom is -0.450 e. The van der Waals surface area contributed by atoms with Crippen LogP contribution in [-0.4, -0.2) is 50.2 Å². The smallest absolute Gasteiger partial charge is 0.427 e. The molecule has 3 atom stereocenters. The Morgan fingerprint density at radius 3 is 2.48 bits per heavy atom. The van der Waals surface area contributed by atoms with Crippen LogP contribution in [0.5, 0.6) is 0 Å². The molecule has 1 aromatic rings. The van der Waals surface area contributed by atoms with Crippen LogP contribution in [0.3, 0.4) is 0 Å². The summed E-state index contributed by atoms with van der Waals surface area (Å²) in [5.74, 6) is 0. The molecule has 0 amide bonds. The molecule has 2 fully saturated rings. The van der Waals surface area contributed by atoms with E-state index < -0.39 is 32.7 Å². The highest BCUT2D eigenvalue weighted by atomic mass is 35.5. The third-order valence-electron chi connectivity index (χ3n) is 6.45. The number of amidine groups is 1. The Labute approximate surface area is 186 Å². The maximum atomic E-state index is 13.9. The summed E-state index contributed by atoms with van der Waals surface area (Å²) in [4.78, 5) is 5.92. The van der Waals surface area contributed by atoms with Crippen molar-refractivity contribution < 1.29 is 22.3 Å². The average molecular weight is 474 g/mol. The molecule has 10 heteroatoms. The predicted octanol–water partition coefficient (Wildman–Crippen LogP) is 5.93. The van der Waals surface area contributed by atoms with Crippen molar-refractivity contribution in [2.45, 2.75) is 76.7 Å². The molecule has 2 saturated heterocycles. The van der Waals surface area contributed by atoms with E-state index in [0.29, 0.717) is 24.2 Å². The van der Waals surface area contributed by atoms with Crippen LogP contribution in [0.4, 0.5) is 18.9 Å². The lowest BCUT2D eigenvalue weighted by atomic mass is 10.1. The van der Waals surface area contributed by atoms with E-state index in [-0.39, 0.29) is 21.6 Å². The molecule has 2 heterocycles. The van der Waals surface area contributed by atoms with E-state index in [1.807, 2.05) is 19.2 Å². The summed E-state index contributed by atoms with van der Waals surface area (Å²) in [7, 11) is -2.28. The molecule has 0 spiro atoms. The third-order valence-corrected chi connectivity index (χ3v) is 11.4. The first kappa shape index (κ1) is 23.9. The van der Waals surface area contributed by atoms with Gasteiger partial charge in [0.1, 0.15) is 12.1 Å². The Morgan fingerprint density at radius 2 is 1.94 bits per heavy atom. The summed E-state index contributed by atoms with van der Waals surface area (Å²) in [6.07, 6.45) is -6.69. The lowest BCUT2D eigenvalue weighted by Gasteiger charge is -2.40. The fourth-order valence-corrected chi connectivity index (χ4v) is 5.21. The average Bonchev–Trinajstić information content (AvgIpc) is 3.19. The van der Waals surface area contributed by atoms with E-state index in [4.69, 9.17) is 26.0 Å². The summed E-state index contributed by atoms with van der Waals surface area (Å²) in [6.45, 7) is 12.3. The molecule has 170 valence electrons. The van der Waals surface area contributed by atoms with Crippen molar-refractivity contribution in [3.05, 3.63) is 28.3 Å². The van der Waals surface area contributed by atoms with Gasteiger partial charge in [-0.2, -0.15) is 23.4 Å². The number of aliphatic imine (C=N–C) groups is 1. The summed E-state index contributed by atoms with van der Waals surface area (Å²) in [5.41, 5.74) is 1.16. The number of halogens is 4. The van der Waals surface area contributed by atoms with Crippen LogP contribution < -0.4 is 0 Å². The first-order valence-corrected chi connectivity index (χ1v) is 13.4. The highest BCUT2D eigenvalue weighted by Gasteiger charge is 2.61. The van der Waals surface area contributed by atoms with E-state index in [1.165, 1.54) is 6.07 Å². The van der Waals surface area contributed by atoms with Gasteiger partial charge in [0.15, 0.2) is 8.32 Å². The summed E-state index contributed by atoms with van der Waals surface area (Å²) >= 11 is 6.19. The van der Waals surface area contributed by atoms with Gasteiger partial charge in [-0.05, 0) is 49.2 Å². The maximum absolute atomic E-state index is 13.9. The maximum Gasteiger partial charge on any atom is 0.427 e. The Hall–Kier alpha value is -1.76. The van der Waals surface area contributed by atoms with Crippen LogP contribution in [0.1, 0.15) is 38.3 Å². The molecule has 2 aliphatic rings. The number of hydrogen-bond donors (Lipinski definition) is 0. The first-order valence-electron chi connectivity index (χ1n) is 10.1. The molecule has 0 aliphatic carbocycles. The highest BCUT2D eigenvalue weighted by molar-refractivity contribution is 6.74. The predicted molar refractivity (Wildman–Crippen MR) is 116 cm³/mol. The van der Waals surface area contributed by atoms with E-state index in [2.05, 4.69) is 25.8 Å². The quantitative estimate of drug-likeness (QED) is 0.510. The third kappa shape index (κ3) is 4.43. The molecule has 5 nitrogen and oxygen atoms in total. The van der Waals surface area contributed by atoms with Gasteiger partial charge < -0.3 is 14.1 Å². The minimum absolute atomic E-state index is 0.0856.